The Bertz CT molecular complexity index is 426. The van der Waals surface area contributed by atoms with E-state index in [1.807, 2.05) is 12.1 Å². The van der Waals surface area contributed by atoms with Crippen molar-refractivity contribution in [2.45, 2.75) is 39.0 Å². The topological polar surface area (TPSA) is 55.4 Å². The number of amides is 1. The van der Waals surface area contributed by atoms with Crippen molar-refractivity contribution < 1.29 is 14.3 Å². The Morgan fingerprint density at radius 1 is 1.15 bits per heavy atom. The Labute approximate surface area is 120 Å². The van der Waals surface area contributed by atoms with Crippen molar-refractivity contribution in [1.29, 1.82) is 0 Å². The van der Waals surface area contributed by atoms with Crippen molar-refractivity contribution in [1.82, 2.24) is 5.32 Å². The molecule has 1 aromatic carbocycles. The Kier molecular flexibility index (Phi) is 7.40. The molecule has 110 valence electrons. The van der Waals surface area contributed by atoms with Gasteiger partial charge in [0.15, 0.2) is 0 Å². The number of carbonyl (C=O) groups excluding carboxylic acids is 2. The number of rotatable bonds is 8. The van der Waals surface area contributed by atoms with Crippen molar-refractivity contribution in [2.24, 2.45) is 0 Å². The van der Waals surface area contributed by atoms with E-state index in [1.165, 1.54) is 7.11 Å². The van der Waals surface area contributed by atoms with Crippen LogP contribution in [0, 0.1) is 0 Å². The fourth-order valence-electron chi connectivity index (χ4n) is 1.90. The molecule has 0 unspecified atom stereocenters. The summed E-state index contributed by atoms with van der Waals surface area (Å²) in [5.74, 6) is -0.217. The van der Waals surface area contributed by atoms with Crippen LogP contribution in [0.3, 0.4) is 0 Å². The quantitative estimate of drug-likeness (QED) is 0.587. The van der Waals surface area contributed by atoms with Gasteiger partial charge in [0.2, 0.25) is 5.91 Å². The molecule has 0 aliphatic heterocycles. The molecule has 4 nitrogen and oxygen atoms in total. The summed E-state index contributed by atoms with van der Waals surface area (Å²) in [4.78, 5) is 22.8. The van der Waals surface area contributed by atoms with Crippen molar-refractivity contribution in [3.05, 3.63) is 35.4 Å². The van der Waals surface area contributed by atoms with Crippen LogP contribution in [-0.2, 0) is 16.0 Å². The Morgan fingerprint density at radius 3 is 2.45 bits per heavy atom. The zero-order valence-electron chi connectivity index (χ0n) is 12.3. The lowest BCUT2D eigenvalue weighted by atomic mass is 10.1. The third-order valence-electron chi connectivity index (χ3n) is 3.12. The summed E-state index contributed by atoms with van der Waals surface area (Å²) < 4.78 is 4.64. The molecule has 1 amide bonds. The maximum atomic E-state index is 11.5. The van der Waals surface area contributed by atoms with Gasteiger partial charge in [-0.1, -0.05) is 31.9 Å². The molecule has 0 heterocycles. The molecule has 0 saturated heterocycles. The molecule has 1 aromatic rings. The van der Waals surface area contributed by atoms with Crippen LogP contribution in [-0.4, -0.2) is 25.5 Å². The van der Waals surface area contributed by atoms with E-state index in [0.717, 1.165) is 31.2 Å². The normalized spacial score (nSPS) is 10.1. The summed E-state index contributed by atoms with van der Waals surface area (Å²) in [6.45, 7) is 2.75. The molecule has 0 aliphatic rings. The van der Waals surface area contributed by atoms with E-state index >= 15 is 0 Å². The van der Waals surface area contributed by atoms with Gasteiger partial charge in [-0.3, -0.25) is 4.79 Å². The summed E-state index contributed by atoms with van der Waals surface area (Å²) in [6, 6.07) is 7.25. The number of methoxy groups -OCH3 is 1. The number of hydrogen-bond acceptors (Lipinski definition) is 3. The minimum atomic E-state index is -0.333. The Morgan fingerprint density at radius 2 is 1.85 bits per heavy atom. The predicted octanol–water partition coefficient (Wildman–Crippen LogP) is 2.71. The van der Waals surface area contributed by atoms with Crippen molar-refractivity contribution in [3.63, 3.8) is 0 Å². The van der Waals surface area contributed by atoms with Crippen LogP contribution in [0.2, 0.25) is 0 Å². The molecule has 0 fully saturated rings. The maximum Gasteiger partial charge on any atom is 0.337 e. The van der Waals surface area contributed by atoms with Crippen LogP contribution in [0.4, 0.5) is 0 Å². The van der Waals surface area contributed by atoms with Crippen LogP contribution in [0.1, 0.15) is 48.5 Å². The molecular formula is C16H23NO3. The van der Waals surface area contributed by atoms with E-state index in [1.54, 1.807) is 12.1 Å². The number of ether oxygens (including phenoxy) is 1. The van der Waals surface area contributed by atoms with Gasteiger partial charge in [0, 0.05) is 13.0 Å². The molecule has 0 aromatic heterocycles. The van der Waals surface area contributed by atoms with Gasteiger partial charge >= 0.3 is 5.97 Å². The number of nitrogens with one attached hydrogen (secondary N) is 1. The van der Waals surface area contributed by atoms with Gasteiger partial charge in [0.25, 0.3) is 0 Å². The molecule has 1 rings (SSSR count). The van der Waals surface area contributed by atoms with E-state index in [9.17, 15) is 9.59 Å². The number of hydrogen-bond donors (Lipinski definition) is 1. The van der Waals surface area contributed by atoms with Crippen LogP contribution < -0.4 is 5.32 Å². The summed E-state index contributed by atoms with van der Waals surface area (Å²) in [6.07, 6.45) is 4.55. The third kappa shape index (κ3) is 5.87. The molecule has 0 atom stereocenters. The SMILES string of the molecule is CCCCCC(=O)NCCc1ccc(C(=O)OC)cc1. The number of esters is 1. The van der Waals surface area contributed by atoms with Crippen LogP contribution in [0.5, 0.6) is 0 Å². The standard InChI is InChI=1S/C16H23NO3/c1-3-4-5-6-15(18)17-12-11-13-7-9-14(10-8-13)16(19)20-2/h7-10H,3-6,11-12H2,1-2H3,(H,17,18). The summed E-state index contributed by atoms with van der Waals surface area (Å²) in [5.41, 5.74) is 1.63. The minimum Gasteiger partial charge on any atom is -0.465 e. The van der Waals surface area contributed by atoms with E-state index in [2.05, 4.69) is 17.0 Å². The lowest BCUT2D eigenvalue weighted by Gasteiger charge is -2.06. The zero-order valence-corrected chi connectivity index (χ0v) is 12.3. The molecular weight excluding hydrogens is 254 g/mol. The van der Waals surface area contributed by atoms with Gasteiger partial charge < -0.3 is 10.1 Å². The Hall–Kier alpha value is -1.84. The average molecular weight is 277 g/mol. The highest BCUT2D eigenvalue weighted by Crippen LogP contribution is 2.06. The molecule has 0 saturated carbocycles. The van der Waals surface area contributed by atoms with Gasteiger partial charge in [-0.05, 0) is 30.5 Å². The summed E-state index contributed by atoms with van der Waals surface area (Å²) in [7, 11) is 1.37. The Balaban J connectivity index is 2.28. The largest absolute Gasteiger partial charge is 0.465 e. The first-order valence-electron chi connectivity index (χ1n) is 7.11. The molecule has 1 N–H and O–H groups in total. The minimum absolute atomic E-state index is 0.115. The first-order valence-corrected chi connectivity index (χ1v) is 7.11. The molecule has 0 aliphatic carbocycles. The van der Waals surface area contributed by atoms with E-state index in [4.69, 9.17) is 0 Å². The monoisotopic (exact) mass is 277 g/mol. The fourth-order valence-corrected chi connectivity index (χ4v) is 1.90. The number of unbranched alkanes of at least 4 members (excludes halogenated alkanes) is 2. The van der Waals surface area contributed by atoms with Crippen LogP contribution >= 0.6 is 0 Å². The van der Waals surface area contributed by atoms with E-state index in [0.29, 0.717) is 18.5 Å². The lowest BCUT2D eigenvalue weighted by Crippen LogP contribution is -2.25. The van der Waals surface area contributed by atoms with Gasteiger partial charge in [-0.15, -0.1) is 0 Å². The van der Waals surface area contributed by atoms with E-state index < -0.39 is 0 Å². The van der Waals surface area contributed by atoms with Crippen LogP contribution in [0.25, 0.3) is 0 Å². The van der Waals surface area contributed by atoms with Crippen molar-refractivity contribution in [3.8, 4) is 0 Å². The van der Waals surface area contributed by atoms with Gasteiger partial charge in [0.05, 0.1) is 12.7 Å². The summed E-state index contributed by atoms with van der Waals surface area (Å²) >= 11 is 0. The zero-order chi connectivity index (χ0) is 14.8. The highest BCUT2D eigenvalue weighted by Gasteiger charge is 2.04. The maximum absolute atomic E-state index is 11.5. The van der Waals surface area contributed by atoms with Crippen molar-refractivity contribution in [2.75, 3.05) is 13.7 Å². The first kappa shape index (κ1) is 16.2. The smallest absolute Gasteiger partial charge is 0.337 e. The van der Waals surface area contributed by atoms with Crippen LogP contribution in [0.15, 0.2) is 24.3 Å². The third-order valence-corrected chi connectivity index (χ3v) is 3.12. The molecule has 0 radical (unpaired) electrons. The molecule has 4 heteroatoms. The van der Waals surface area contributed by atoms with Gasteiger partial charge in [-0.25, -0.2) is 4.79 Å². The second-order valence-electron chi connectivity index (χ2n) is 4.75. The second kappa shape index (κ2) is 9.13. The first-order chi connectivity index (χ1) is 9.67. The van der Waals surface area contributed by atoms with Gasteiger partial charge in [0.1, 0.15) is 0 Å². The summed E-state index contributed by atoms with van der Waals surface area (Å²) in [5, 5.41) is 2.91. The average Bonchev–Trinajstić information content (AvgIpc) is 2.47. The number of benzene rings is 1. The molecule has 0 bridgehead atoms. The highest BCUT2D eigenvalue weighted by atomic mass is 16.5. The predicted molar refractivity (Wildman–Crippen MR) is 78.6 cm³/mol. The fraction of sp³-hybridized carbons (Fsp3) is 0.500. The number of carbonyl (C=O) groups is 2. The van der Waals surface area contributed by atoms with Gasteiger partial charge in [-0.2, -0.15) is 0 Å². The van der Waals surface area contributed by atoms with E-state index in [-0.39, 0.29) is 11.9 Å². The molecule has 20 heavy (non-hydrogen) atoms. The lowest BCUT2D eigenvalue weighted by molar-refractivity contribution is -0.121. The van der Waals surface area contributed by atoms with Crippen molar-refractivity contribution >= 4 is 11.9 Å². The second-order valence-corrected chi connectivity index (χ2v) is 4.75. The highest BCUT2D eigenvalue weighted by molar-refractivity contribution is 5.89. The molecule has 0 spiro atoms.